The number of hydrogen-bond acceptors (Lipinski definition) is 4. The zero-order chi connectivity index (χ0) is 18.2. The van der Waals surface area contributed by atoms with Gasteiger partial charge in [-0.05, 0) is 36.3 Å². The fraction of sp³-hybridized carbons (Fsp3) is 0.250. The van der Waals surface area contributed by atoms with Crippen LogP contribution in [0, 0.1) is 0 Å². The number of methoxy groups -OCH3 is 3. The Labute approximate surface area is 148 Å². The molecule has 0 aliphatic heterocycles. The van der Waals surface area contributed by atoms with E-state index in [0.29, 0.717) is 17.2 Å². The molecule has 5 heteroatoms. The first-order chi connectivity index (χ1) is 12.1. The molecule has 0 fully saturated rings. The zero-order valence-corrected chi connectivity index (χ0v) is 15.0. The van der Waals surface area contributed by atoms with Crippen molar-refractivity contribution in [1.29, 1.82) is 0 Å². The van der Waals surface area contributed by atoms with E-state index in [9.17, 15) is 4.79 Å². The standard InChI is InChI=1S/C20H23NO4/c1-5-14-8-6-7-9-16(14)21-18(22)13-11-15-10-12-17(23-2)20(25-4)19(15)24-3/h6-13H,5H2,1-4H3,(H,21,22). The van der Waals surface area contributed by atoms with Gasteiger partial charge < -0.3 is 19.5 Å². The van der Waals surface area contributed by atoms with Crippen LogP contribution < -0.4 is 19.5 Å². The smallest absolute Gasteiger partial charge is 0.248 e. The zero-order valence-electron chi connectivity index (χ0n) is 15.0. The number of ether oxygens (including phenoxy) is 3. The van der Waals surface area contributed by atoms with Crippen molar-refractivity contribution >= 4 is 17.7 Å². The summed E-state index contributed by atoms with van der Waals surface area (Å²) in [6, 6.07) is 11.3. The number of para-hydroxylation sites is 1. The van der Waals surface area contributed by atoms with Gasteiger partial charge in [-0.25, -0.2) is 0 Å². The molecular weight excluding hydrogens is 318 g/mol. The number of aryl methyl sites for hydroxylation is 1. The van der Waals surface area contributed by atoms with Crippen LogP contribution in [0.25, 0.3) is 6.08 Å². The summed E-state index contributed by atoms with van der Waals surface area (Å²) in [6.07, 6.45) is 4.00. The average molecular weight is 341 g/mol. The van der Waals surface area contributed by atoms with E-state index in [-0.39, 0.29) is 5.91 Å². The van der Waals surface area contributed by atoms with Crippen LogP contribution in [0.15, 0.2) is 42.5 Å². The quantitative estimate of drug-likeness (QED) is 0.775. The average Bonchev–Trinajstić information content (AvgIpc) is 2.65. The summed E-state index contributed by atoms with van der Waals surface area (Å²) in [5.41, 5.74) is 2.63. The minimum Gasteiger partial charge on any atom is -0.493 e. The lowest BCUT2D eigenvalue weighted by Crippen LogP contribution is -2.09. The molecule has 0 aliphatic carbocycles. The Bertz CT molecular complexity index is 768. The maximum atomic E-state index is 12.2. The molecule has 5 nitrogen and oxygen atoms in total. The highest BCUT2D eigenvalue weighted by molar-refractivity contribution is 6.02. The third-order valence-corrected chi connectivity index (χ3v) is 3.81. The Morgan fingerprint density at radius 3 is 2.36 bits per heavy atom. The second-order valence-electron chi connectivity index (χ2n) is 5.26. The molecule has 2 aromatic carbocycles. The number of hydrogen-bond donors (Lipinski definition) is 1. The molecular formula is C20H23NO4. The van der Waals surface area contributed by atoms with Crippen molar-refractivity contribution in [3.05, 3.63) is 53.6 Å². The number of carbonyl (C=O) groups is 1. The minimum atomic E-state index is -0.210. The lowest BCUT2D eigenvalue weighted by atomic mass is 10.1. The van der Waals surface area contributed by atoms with Crippen LogP contribution >= 0.6 is 0 Å². The van der Waals surface area contributed by atoms with Crippen molar-refractivity contribution in [2.45, 2.75) is 13.3 Å². The van der Waals surface area contributed by atoms with Gasteiger partial charge in [-0.3, -0.25) is 4.79 Å². The monoisotopic (exact) mass is 341 g/mol. The highest BCUT2D eigenvalue weighted by atomic mass is 16.5. The molecule has 0 radical (unpaired) electrons. The van der Waals surface area contributed by atoms with Crippen LogP contribution in [0.5, 0.6) is 17.2 Å². The Hall–Kier alpha value is -2.95. The van der Waals surface area contributed by atoms with Gasteiger partial charge in [-0.1, -0.05) is 25.1 Å². The van der Waals surface area contributed by atoms with Gasteiger partial charge >= 0.3 is 0 Å². The van der Waals surface area contributed by atoms with E-state index in [1.807, 2.05) is 30.3 Å². The van der Waals surface area contributed by atoms with Gasteiger partial charge in [0.1, 0.15) is 0 Å². The number of carbonyl (C=O) groups excluding carboxylic acids is 1. The van der Waals surface area contributed by atoms with E-state index in [2.05, 4.69) is 12.2 Å². The minimum absolute atomic E-state index is 0.210. The van der Waals surface area contributed by atoms with Crippen molar-refractivity contribution < 1.29 is 19.0 Å². The number of nitrogens with one attached hydrogen (secondary N) is 1. The van der Waals surface area contributed by atoms with E-state index in [0.717, 1.165) is 23.2 Å². The Kier molecular flexibility index (Phi) is 6.46. The molecule has 2 aromatic rings. The summed E-state index contributed by atoms with van der Waals surface area (Å²) in [6.45, 7) is 2.05. The van der Waals surface area contributed by atoms with Gasteiger partial charge in [0, 0.05) is 17.3 Å². The van der Waals surface area contributed by atoms with Gasteiger partial charge in [0.2, 0.25) is 11.7 Å². The van der Waals surface area contributed by atoms with Crippen LogP contribution in [0.3, 0.4) is 0 Å². The van der Waals surface area contributed by atoms with E-state index >= 15 is 0 Å². The molecule has 1 amide bonds. The van der Waals surface area contributed by atoms with Crippen LogP contribution in [-0.4, -0.2) is 27.2 Å². The van der Waals surface area contributed by atoms with Crippen LogP contribution in [0.4, 0.5) is 5.69 Å². The fourth-order valence-electron chi connectivity index (χ4n) is 2.55. The Morgan fingerprint density at radius 2 is 1.72 bits per heavy atom. The number of benzene rings is 2. The van der Waals surface area contributed by atoms with Crippen molar-refractivity contribution in [2.75, 3.05) is 26.6 Å². The SMILES string of the molecule is CCc1ccccc1NC(=O)C=Cc1ccc(OC)c(OC)c1OC. The fourth-order valence-corrected chi connectivity index (χ4v) is 2.55. The molecule has 0 saturated carbocycles. The van der Waals surface area contributed by atoms with Gasteiger partial charge in [0.25, 0.3) is 0 Å². The molecule has 0 aliphatic rings. The van der Waals surface area contributed by atoms with Gasteiger partial charge in [0.05, 0.1) is 21.3 Å². The van der Waals surface area contributed by atoms with E-state index in [1.54, 1.807) is 33.5 Å². The van der Waals surface area contributed by atoms with E-state index in [1.165, 1.54) is 6.08 Å². The van der Waals surface area contributed by atoms with Gasteiger partial charge in [-0.2, -0.15) is 0 Å². The van der Waals surface area contributed by atoms with Crippen molar-refractivity contribution in [3.63, 3.8) is 0 Å². The maximum Gasteiger partial charge on any atom is 0.248 e. The molecule has 1 N–H and O–H groups in total. The Morgan fingerprint density at radius 1 is 1.00 bits per heavy atom. The molecule has 0 spiro atoms. The van der Waals surface area contributed by atoms with Crippen molar-refractivity contribution in [1.82, 2.24) is 0 Å². The molecule has 0 saturated heterocycles. The lowest BCUT2D eigenvalue weighted by Gasteiger charge is -2.14. The highest BCUT2D eigenvalue weighted by Gasteiger charge is 2.14. The largest absolute Gasteiger partial charge is 0.493 e. The van der Waals surface area contributed by atoms with Gasteiger partial charge in [-0.15, -0.1) is 0 Å². The number of anilines is 1. The molecule has 132 valence electrons. The molecule has 2 rings (SSSR count). The lowest BCUT2D eigenvalue weighted by molar-refractivity contribution is -0.111. The molecule has 0 bridgehead atoms. The second-order valence-corrected chi connectivity index (χ2v) is 5.26. The highest BCUT2D eigenvalue weighted by Crippen LogP contribution is 2.40. The summed E-state index contributed by atoms with van der Waals surface area (Å²) < 4.78 is 16.0. The van der Waals surface area contributed by atoms with Crippen molar-refractivity contribution in [2.24, 2.45) is 0 Å². The molecule has 0 unspecified atom stereocenters. The first-order valence-corrected chi connectivity index (χ1v) is 8.00. The van der Waals surface area contributed by atoms with E-state index < -0.39 is 0 Å². The van der Waals surface area contributed by atoms with Crippen LogP contribution in [-0.2, 0) is 11.2 Å². The van der Waals surface area contributed by atoms with Gasteiger partial charge in [0.15, 0.2) is 11.5 Å². The summed E-state index contributed by atoms with van der Waals surface area (Å²) in [4.78, 5) is 12.2. The predicted octanol–water partition coefficient (Wildman–Crippen LogP) is 3.93. The first kappa shape index (κ1) is 18.4. The van der Waals surface area contributed by atoms with Crippen LogP contribution in [0.2, 0.25) is 0 Å². The third-order valence-electron chi connectivity index (χ3n) is 3.81. The molecule has 0 heterocycles. The first-order valence-electron chi connectivity index (χ1n) is 8.00. The second kappa shape index (κ2) is 8.78. The molecule has 0 atom stereocenters. The van der Waals surface area contributed by atoms with Crippen molar-refractivity contribution in [3.8, 4) is 17.2 Å². The maximum absolute atomic E-state index is 12.2. The number of amides is 1. The summed E-state index contributed by atoms with van der Waals surface area (Å²) in [5.74, 6) is 1.36. The summed E-state index contributed by atoms with van der Waals surface area (Å²) in [7, 11) is 4.65. The topological polar surface area (TPSA) is 56.8 Å². The molecule has 0 aromatic heterocycles. The normalized spacial score (nSPS) is 10.6. The summed E-state index contributed by atoms with van der Waals surface area (Å²) >= 11 is 0. The number of rotatable bonds is 7. The Balaban J connectivity index is 2.22. The predicted molar refractivity (Wildman–Crippen MR) is 99.6 cm³/mol. The van der Waals surface area contributed by atoms with E-state index in [4.69, 9.17) is 14.2 Å². The summed E-state index contributed by atoms with van der Waals surface area (Å²) in [5, 5.41) is 2.90. The molecule has 25 heavy (non-hydrogen) atoms. The third kappa shape index (κ3) is 4.32. The van der Waals surface area contributed by atoms with Crippen LogP contribution in [0.1, 0.15) is 18.1 Å².